The third kappa shape index (κ3) is 2.24. The molecule has 4 nitrogen and oxygen atoms in total. The lowest BCUT2D eigenvalue weighted by Gasteiger charge is -2.09. The topological polar surface area (TPSA) is 53.1 Å². The van der Waals surface area contributed by atoms with Crippen LogP contribution in [0.2, 0.25) is 0 Å². The lowest BCUT2D eigenvalue weighted by atomic mass is 10.1. The summed E-state index contributed by atoms with van der Waals surface area (Å²) in [6.07, 6.45) is 4.32. The van der Waals surface area contributed by atoms with Crippen molar-refractivity contribution in [1.82, 2.24) is 9.78 Å². The number of ether oxygens (including phenoxy) is 1. The highest BCUT2D eigenvalue weighted by Crippen LogP contribution is 2.40. The summed E-state index contributed by atoms with van der Waals surface area (Å²) in [5.41, 5.74) is 7.88. The zero-order valence-corrected chi connectivity index (χ0v) is 11.6. The van der Waals surface area contributed by atoms with Gasteiger partial charge < -0.3 is 10.5 Å². The molecule has 1 saturated carbocycles. The van der Waals surface area contributed by atoms with Gasteiger partial charge in [-0.25, -0.2) is 4.39 Å². The fourth-order valence-corrected chi connectivity index (χ4v) is 2.45. The van der Waals surface area contributed by atoms with Crippen LogP contribution in [0.4, 0.5) is 10.1 Å². The fourth-order valence-electron chi connectivity index (χ4n) is 2.45. The summed E-state index contributed by atoms with van der Waals surface area (Å²) in [4.78, 5) is 0. The predicted molar refractivity (Wildman–Crippen MR) is 76.0 cm³/mol. The Morgan fingerprint density at radius 1 is 1.45 bits per heavy atom. The van der Waals surface area contributed by atoms with Gasteiger partial charge in [-0.05, 0) is 43.9 Å². The SMILES string of the molecule is COc1ccc(-c2nn(C(C)C3CC3)cc2N)cc1F. The largest absolute Gasteiger partial charge is 0.494 e. The Kier molecular flexibility index (Phi) is 3.12. The van der Waals surface area contributed by atoms with Crippen molar-refractivity contribution in [2.45, 2.75) is 25.8 Å². The number of hydrogen-bond acceptors (Lipinski definition) is 3. The molecule has 0 aliphatic heterocycles. The molecule has 2 N–H and O–H groups in total. The van der Waals surface area contributed by atoms with Gasteiger partial charge in [0, 0.05) is 11.8 Å². The average molecular weight is 275 g/mol. The monoisotopic (exact) mass is 275 g/mol. The minimum atomic E-state index is -0.408. The third-order valence-electron chi connectivity index (χ3n) is 3.91. The van der Waals surface area contributed by atoms with Gasteiger partial charge in [0.15, 0.2) is 11.6 Å². The molecule has 1 aromatic carbocycles. The Balaban J connectivity index is 1.95. The van der Waals surface area contributed by atoms with Gasteiger partial charge in [-0.15, -0.1) is 0 Å². The molecule has 1 unspecified atom stereocenters. The molecule has 2 aromatic rings. The summed E-state index contributed by atoms with van der Waals surface area (Å²) >= 11 is 0. The van der Waals surface area contributed by atoms with Crippen LogP contribution in [-0.2, 0) is 0 Å². The Morgan fingerprint density at radius 3 is 2.80 bits per heavy atom. The Morgan fingerprint density at radius 2 is 2.20 bits per heavy atom. The van der Waals surface area contributed by atoms with E-state index in [-0.39, 0.29) is 5.75 Å². The van der Waals surface area contributed by atoms with Crippen LogP contribution in [0.15, 0.2) is 24.4 Å². The van der Waals surface area contributed by atoms with Gasteiger partial charge in [-0.3, -0.25) is 4.68 Å². The first kappa shape index (κ1) is 13.0. The van der Waals surface area contributed by atoms with E-state index < -0.39 is 5.82 Å². The van der Waals surface area contributed by atoms with Crippen molar-refractivity contribution in [3.8, 4) is 17.0 Å². The second-order valence-corrected chi connectivity index (χ2v) is 5.34. The summed E-state index contributed by atoms with van der Waals surface area (Å²) in [6, 6.07) is 5.11. The van der Waals surface area contributed by atoms with Crippen molar-refractivity contribution >= 4 is 5.69 Å². The Hall–Kier alpha value is -2.04. The number of hydrogen-bond donors (Lipinski definition) is 1. The lowest BCUT2D eigenvalue weighted by Crippen LogP contribution is -2.07. The zero-order chi connectivity index (χ0) is 14.3. The lowest BCUT2D eigenvalue weighted by molar-refractivity contribution is 0.386. The number of anilines is 1. The highest BCUT2D eigenvalue weighted by molar-refractivity contribution is 5.72. The van der Waals surface area contributed by atoms with E-state index in [0.29, 0.717) is 28.9 Å². The number of aromatic nitrogens is 2. The summed E-state index contributed by atoms with van der Waals surface area (Å²) in [7, 11) is 1.44. The number of nitrogens with zero attached hydrogens (tertiary/aromatic N) is 2. The van der Waals surface area contributed by atoms with Gasteiger partial charge in [-0.2, -0.15) is 5.10 Å². The van der Waals surface area contributed by atoms with Crippen LogP contribution >= 0.6 is 0 Å². The maximum absolute atomic E-state index is 13.8. The van der Waals surface area contributed by atoms with Crippen LogP contribution in [0, 0.1) is 11.7 Å². The molecule has 106 valence electrons. The van der Waals surface area contributed by atoms with Crippen LogP contribution in [0.5, 0.6) is 5.75 Å². The van der Waals surface area contributed by atoms with Crippen LogP contribution in [-0.4, -0.2) is 16.9 Å². The summed E-state index contributed by atoms with van der Waals surface area (Å²) in [6.45, 7) is 2.14. The molecule has 1 aromatic heterocycles. The Labute approximate surface area is 117 Å². The van der Waals surface area contributed by atoms with Gasteiger partial charge in [-0.1, -0.05) is 0 Å². The third-order valence-corrected chi connectivity index (χ3v) is 3.91. The molecule has 1 aliphatic rings. The molecule has 0 spiro atoms. The van der Waals surface area contributed by atoms with E-state index in [1.807, 2.05) is 10.9 Å². The molecule has 0 saturated heterocycles. The first-order valence-electron chi connectivity index (χ1n) is 6.78. The van der Waals surface area contributed by atoms with Crippen molar-refractivity contribution in [1.29, 1.82) is 0 Å². The van der Waals surface area contributed by atoms with E-state index >= 15 is 0 Å². The van der Waals surface area contributed by atoms with Gasteiger partial charge >= 0.3 is 0 Å². The average Bonchev–Trinajstić information content (AvgIpc) is 3.21. The van der Waals surface area contributed by atoms with Crippen LogP contribution < -0.4 is 10.5 Å². The number of rotatable bonds is 4. The van der Waals surface area contributed by atoms with Crippen molar-refractivity contribution in [3.05, 3.63) is 30.2 Å². The van der Waals surface area contributed by atoms with Crippen molar-refractivity contribution in [3.63, 3.8) is 0 Å². The van der Waals surface area contributed by atoms with Crippen LogP contribution in [0.1, 0.15) is 25.8 Å². The first-order chi connectivity index (χ1) is 9.60. The summed E-state index contributed by atoms with van der Waals surface area (Å²) < 4.78 is 20.6. The zero-order valence-electron chi connectivity index (χ0n) is 11.6. The smallest absolute Gasteiger partial charge is 0.165 e. The minimum absolute atomic E-state index is 0.220. The molecule has 1 fully saturated rings. The van der Waals surface area contributed by atoms with E-state index in [0.717, 1.165) is 0 Å². The molecular formula is C15H18FN3O. The molecular weight excluding hydrogens is 257 g/mol. The van der Waals surface area contributed by atoms with Gasteiger partial charge in [0.1, 0.15) is 5.69 Å². The molecule has 1 heterocycles. The first-order valence-corrected chi connectivity index (χ1v) is 6.78. The molecule has 1 atom stereocenters. The van der Waals surface area contributed by atoms with E-state index in [1.54, 1.807) is 12.1 Å². The molecule has 0 radical (unpaired) electrons. The number of benzene rings is 1. The minimum Gasteiger partial charge on any atom is -0.494 e. The van der Waals surface area contributed by atoms with Crippen LogP contribution in [0.25, 0.3) is 11.3 Å². The summed E-state index contributed by atoms with van der Waals surface area (Å²) in [5, 5.41) is 4.52. The van der Waals surface area contributed by atoms with Crippen molar-refractivity contribution < 1.29 is 9.13 Å². The molecule has 3 rings (SSSR count). The van der Waals surface area contributed by atoms with Gasteiger partial charge in [0.25, 0.3) is 0 Å². The number of nitrogens with two attached hydrogens (primary N) is 1. The standard InChI is InChI=1S/C15H18FN3O/c1-9(10-3-4-10)19-8-13(17)15(18-19)11-5-6-14(20-2)12(16)7-11/h5-10H,3-4,17H2,1-2H3. The van der Waals surface area contributed by atoms with E-state index in [9.17, 15) is 4.39 Å². The quantitative estimate of drug-likeness (QED) is 0.931. The van der Waals surface area contributed by atoms with E-state index in [4.69, 9.17) is 10.5 Å². The van der Waals surface area contributed by atoms with E-state index in [2.05, 4.69) is 12.0 Å². The van der Waals surface area contributed by atoms with Crippen molar-refractivity contribution in [2.24, 2.45) is 5.92 Å². The molecule has 5 heteroatoms. The molecule has 0 amide bonds. The maximum Gasteiger partial charge on any atom is 0.165 e. The van der Waals surface area contributed by atoms with Gasteiger partial charge in [0.05, 0.1) is 18.8 Å². The Bertz CT molecular complexity index is 634. The molecule has 1 aliphatic carbocycles. The maximum atomic E-state index is 13.8. The van der Waals surface area contributed by atoms with Crippen molar-refractivity contribution in [2.75, 3.05) is 12.8 Å². The normalized spacial score (nSPS) is 16.1. The number of methoxy groups -OCH3 is 1. The number of nitrogen functional groups attached to an aromatic ring is 1. The second-order valence-electron chi connectivity index (χ2n) is 5.34. The van der Waals surface area contributed by atoms with Gasteiger partial charge in [0.2, 0.25) is 0 Å². The fraction of sp³-hybridized carbons (Fsp3) is 0.400. The number of halogens is 1. The molecule has 0 bridgehead atoms. The highest BCUT2D eigenvalue weighted by Gasteiger charge is 2.30. The highest BCUT2D eigenvalue weighted by atomic mass is 19.1. The second kappa shape index (κ2) is 4.81. The predicted octanol–water partition coefficient (Wildman–Crippen LogP) is 3.25. The summed E-state index contributed by atoms with van der Waals surface area (Å²) in [5.74, 6) is 0.502. The molecule has 20 heavy (non-hydrogen) atoms. The van der Waals surface area contributed by atoms with Crippen LogP contribution in [0.3, 0.4) is 0 Å². The van der Waals surface area contributed by atoms with E-state index in [1.165, 1.54) is 26.0 Å².